The van der Waals surface area contributed by atoms with Crippen molar-refractivity contribution in [2.24, 2.45) is 4.40 Å². The van der Waals surface area contributed by atoms with Crippen LogP contribution in [0.25, 0.3) is 0 Å². The predicted molar refractivity (Wildman–Crippen MR) is 117 cm³/mol. The van der Waals surface area contributed by atoms with Gasteiger partial charge in [0.15, 0.2) is 5.84 Å². The third kappa shape index (κ3) is 4.46. The number of sulfonamides is 1. The van der Waals surface area contributed by atoms with Crippen molar-refractivity contribution in [1.29, 1.82) is 0 Å². The van der Waals surface area contributed by atoms with Crippen molar-refractivity contribution in [1.82, 2.24) is 10.2 Å². The molecule has 8 nitrogen and oxygen atoms in total. The quantitative estimate of drug-likeness (QED) is 0.766. The van der Waals surface area contributed by atoms with Gasteiger partial charge >= 0.3 is 0 Å². The number of nitrogens with zero attached hydrogens (tertiary/aromatic N) is 3. The van der Waals surface area contributed by atoms with Gasteiger partial charge < -0.3 is 15.1 Å². The van der Waals surface area contributed by atoms with Crippen LogP contribution in [0.4, 0.5) is 5.69 Å². The van der Waals surface area contributed by atoms with E-state index in [2.05, 4.69) is 9.71 Å². The Kier molecular flexibility index (Phi) is 5.77. The van der Waals surface area contributed by atoms with Crippen molar-refractivity contribution in [3.05, 3.63) is 59.7 Å². The van der Waals surface area contributed by atoms with Gasteiger partial charge in [-0.2, -0.15) is 8.42 Å². The van der Waals surface area contributed by atoms with Crippen molar-refractivity contribution in [3.8, 4) is 0 Å². The molecule has 2 aromatic carbocycles. The Labute approximate surface area is 181 Å². The van der Waals surface area contributed by atoms with Crippen LogP contribution < -0.4 is 10.2 Å². The molecular formula is C22H24N4O4S. The van der Waals surface area contributed by atoms with Crippen LogP contribution in [0, 0.1) is 0 Å². The number of rotatable bonds is 5. The van der Waals surface area contributed by atoms with Gasteiger partial charge in [-0.15, -0.1) is 4.40 Å². The average Bonchev–Trinajstić information content (AvgIpc) is 3.04. The molecular weight excluding hydrogens is 416 g/mol. The molecule has 1 N–H and O–H groups in total. The first-order valence-electron chi connectivity index (χ1n) is 10.2. The second-order valence-electron chi connectivity index (χ2n) is 7.69. The lowest BCUT2D eigenvalue weighted by Gasteiger charge is -2.27. The maximum Gasteiger partial charge on any atom is 0.285 e. The topological polar surface area (TPSA) is 99.2 Å². The molecule has 162 valence electrons. The molecule has 2 aromatic rings. The van der Waals surface area contributed by atoms with Gasteiger partial charge in [0, 0.05) is 37.8 Å². The van der Waals surface area contributed by atoms with Crippen LogP contribution in [0.1, 0.15) is 30.4 Å². The number of amides is 2. The van der Waals surface area contributed by atoms with Gasteiger partial charge in [0.1, 0.15) is 4.90 Å². The van der Waals surface area contributed by atoms with Gasteiger partial charge in [-0.1, -0.05) is 24.3 Å². The smallest absolute Gasteiger partial charge is 0.285 e. The Balaban J connectivity index is 1.38. The lowest BCUT2D eigenvalue weighted by Crippen LogP contribution is -2.38. The van der Waals surface area contributed by atoms with E-state index in [1.54, 1.807) is 30.1 Å². The molecule has 0 saturated carbocycles. The monoisotopic (exact) mass is 440 g/mol. The van der Waals surface area contributed by atoms with Crippen LogP contribution in [0.15, 0.2) is 57.8 Å². The molecule has 0 aromatic heterocycles. The van der Waals surface area contributed by atoms with E-state index in [1.807, 2.05) is 24.3 Å². The third-order valence-corrected chi connectivity index (χ3v) is 6.72. The number of amidine groups is 1. The second kappa shape index (κ2) is 8.50. The Hall–Kier alpha value is -3.20. The third-order valence-electron chi connectivity index (χ3n) is 5.39. The minimum atomic E-state index is -3.73. The standard InChI is InChI=1S/C22H24N4O4S/c1-25(22-18-9-2-3-10-19(18)31(29,30)24-22)15-20(27)23-14-16-7-6-8-17(13-16)26-12-5-4-11-21(26)28/h2-3,6-10,13H,4-5,11-12,14-15H2,1H3,(H,23,27). The fraction of sp³-hybridized carbons (Fsp3) is 0.318. The van der Waals surface area contributed by atoms with E-state index in [4.69, 9.17) is 0 Å². The number of likely N-dealkylation sites (N-methyl/N-ethyl adjacent to an activating group) is 1. The zero-order valence-electron chi connectivity index (χ0n) is 17.2. The highest BCUT2D eigenvalue weighted by Crippen LogP contribution is 2.27. The minimum absolute atomic E-state index is 0.0347. The SMILES string of the molecule is CN(CC(=O)NCc1cccc(N2CCCCC2=O)c1)C1=NS(=O)(=O)c2ccccc21. The largest absolute Gasteiger partial charge is 0.350 e. The molecule has 0 radical (unpaired) electrons. The van der Waals surface area contributed by atoms with Gasteiger partial charge in [-0.25, -0.2) is 0 Å². The summed E-state index contributed by atoms with van der Waals surface area (Å²) in [5.41, 5.74) is 2.23. The molecule has 1 saturated heterocycles. The van der Waals surface area contributed by atoms with Crippen molar-refractivity contribution < 1.29 is 18.0 Å². The van der Waals surface area contributed by atoms with E-state index < -0.39 is 10.0 Å². The summed E-state index contributed by atoms with van der Waals surface area (Å²) in [6.07, 6.45) is 2.48. The lowest BCUT2D eigenvalue weighted by molar-refractivity contribution is -0.121. The zero-order valence-corrected chi connectivity index (χ0v) is 18.1. The second-order valence-corrected chi connectivity index (χ2v) is 9.26. The normalized spacial score (nSPS) is 17.1. The molecule has 2 amide bonds. The Morgan fingerprint density at radius 1 is 1.16 bits per heavy atom. The molecule has 2 aliphatic rings. The maximum atomic E-state index is 12.5. The number of anilines is 1. The summed E-state index contributed by atoms with van der Waals surface area (Å²) >= 11 is 0. The molecule has 9 heteroatoms. The first kappa shape index (κ1) is 21.0. The summed E-state index contributed by atoms with van der Waals surface area (Å²) < 4.78 is 28.2. The summed E-state index contributed by atoms with van der Waals surface area (Å²) in [5, 5.41) is 2.85. The number of nitrogens with one attached hydrogen (secondary N) is 1. The lowest BCUT2D eigenvalue weighted by atomic mass is 10.1. The Bertz CT molecular complexity index is 1160. The predicted octanol–water partition coefficient (Wildman–Crippen LogP) is 1.90. The van der Waals surface area contributed by atoms with Crippen LogP contribution in [-0.4, -0.2) is 51.1 Å². The van der Waals surface area contributed by atoms with E-state index in [1.165, 1.54) is 11.0 Å². The molecule has 0 atom stereocenters. The molecule has 1 fully saturated rings. The van der Waals surface area contributed by atoms with Crippen LogP contribution in [-0.2, 0) is 26.2 Å². The number of carbonyl (C=O) groups excluding carboxylic acids is 2. The highest BCUT2D eigenvalue weighted by molar-refractivity contribution is 7.90. The van der Waals surface area contributed by atoms with Crippen LogP contribution in [0.3, 0.4) is 0 Å². The van der Waals surface area contributed by atoms with Crippen LogP contribution in [0.2, 0.25) is 0 Å². The molecule has 0 unspecified atom stereocenters. The molecule has 2 heterocycles. The van der Waals surface area contributed by atoms with Crippen molar-refractivity contribution >= 4 is 33.4 Å². The van der Waals surface area contributed by atoms with E-state index >= 15 is 0 Å². The molecule has 31 heavy (non-hydrogen) atoms. The number of carbonyl (C=O) groups is 2. The number of fused-ring (bicyclic) bond motifs is 1. The summed E-state index contributed by atoms with van der Waals surface area (Å²) in [4.78, 5) is 28.1. The van der Waals surface area contributed by atoms with E-state index in [9.17, 15) is 18.0 Å². The molecule has 0 aliphatic carbocycles. The highest BCUT2D eigenvalue weighted by atomic mass is 32.2. The summed E-state index contributed by atoms with van der Waals surface area (Å²) in [6, 6.07) is 14.2. The molecule has 4 rings (SSSR count). The van der Waals surface area contributed by atoms with Crippen LogP contribution >= 0.6 is 0 Å². The molecule has 0 bridgehead atoms. The first-order chi connectivity index (χ1) is 14.8. The highest BCUT2D eigenvalue weighted by Gasteiger charge is 2.30. The van der Waals surface area contributed by atoms with Crippen LogP contribution in [0.5, 0.6) is 0 Å². The van der Waals surface area contributed by atoms with Gasteiger partial charge in [0.25, 0.3) is 10.0 Å². The fourth-order valence-electron chi connectivity index (χ4n) is 3.82. The summed E-state index contributed by atoms with van der Waals surface area (Å²) in [7, 11) is -2.09. The van der Waals surface area contributed by atoms with Crippen molar-refractivity contribution in [2.75, 3.05) is 25.0 Å². The van der Waals surface area contributed by atoms with E-state index in [0.29, 0.717) is 25.1 Å². The molecule has 0 spiro atoms. The van der Waals surface area contributed by atoms with E-state index in [0.717, 1.165) is 24.1 Å². The van der Waals surface area contributed by atoms with E-state index in [-0.39, 0.29) is 29.1 Å². The minimum Gasteiger partial charge on any atom is -0.350 e. The average molecular weight is 441 g/mol. The maximum absolute atomic E-state index is 12.5. The fourth-order valence-corrected chi connectivity index (χ4v) is 5.08. The van der Waals surface area contributed by atoms with Gasteiger partial charge in [-0.05, 0) is 42.7 Å². The summed E-state index contributed by atoms with van der Waals surface area (Å²) in [6.45, 7) is 0.989. The number of hydrogen-bond donors (Lipinski definition) is 1. The van der Waals surface area contributed by atoms with Gasteiger partial charge in [0.05, 0.1) is 6.54 Å². The Morgan fingerprint density at radius 2 is 1.97 bits per heavy atom. The molecule has 2 aliphatic heterocycles. The zero-order chi connectivity index (χ0) is 22.0. The van der Waals surface area contributed by atoms with Gasteiger partial charge in [0.2, 0.25) is 11.8 Å². The van der Waals surface area contributed by atoms with Gasteiger partial charge in [-0.3, -0.25) is 9.59 Å². The van der Waals surface area contributed by atoms with Crippen molar-refractivity contribution in [3.63, 3.8) is 0 Å². The number of piperidine rings is 1. The number of benzene rings is 2. The first-order valence-corrected chi connectivity index (χ1v) is 11.6. The Morgan fingerprint density at radius 3 is 2.77 bits per heavy atom. The summed E-state index contributed by atoms with van der Waals surface area (Å²) in [5.74, 6) is 0.129. The number of hydrogen-bond acceptors (Lipinski definition) is 5. The van der Waals surface area contributed by atoms with Crippen molar-refractivity contribution in [2.45, 2.75) is 30.7 Å².